The van der Waals surface area contributed by atoms with Crippen molar-refractivity contribution in [2.75, 3.05) is 32.1 Å². The summed E-state index contributed by atoms with van der Waals surface area (Å²) in [6.45, 7) is 4.09. The monoisotopic (exact) mass is 314 g/mol. The van der Waals surface area contributed by atoms with Crippen molar-refractivity contribution in [1.29, 1.82) is 0 Å². The molecule has 1 aromatic carbocycles. The fourth-order valence-corrected chi connectivity index (χ4v) is 3.26. The van der Waals surface area contributed by atoms with E-state index in [4.69, 9.17) is 15.2 Å². The molecule has 0 aromatic heterocycles. The average molecular weight is 314 g/mol. The maximum Gasteiger partial charge on any atom is 0.240 e. The minimum absolute atomic E-state index is 0.167. The molecule has 0 radical (unpaired) electrons. The van der Waals surface area contributed by atoms with Gasteiger partial charge in [-0.05, 0) is 30.9 Å². The number of hydrogen-bond donors (Lipinski definition) is 2. The molecule has 21 heavy (non-hydrogen) atoms. The van der Waals surface area contributed by atoms with Gasteiger partial charge in [0.15, 0.2) is 0 Å². The number of anilines is 1. The van der Waals surface area contributed by atoms with Gasteiger partial charge in [0.25, 0.3) is 0 Å². The summed E-state index contributed by atoms with van der Waals surface area (Å²) < 4.78 is 37.4. The number of rotatable bonds is 6. The molecular formula is C14H22N2O4S. The maximum absolute atomic E-state index is 12.0. The zero-order valence-electron chi connectivity index (χ0n) is 12.2. The van der Waals surface area contributed by atoms with E-state index >= 15 is 0 Å². The Bertz CT molecular complexity index is 568. The van der Waals surface area contributed by atoms with Crippen LogP contribution in [-0.4, -0.2) is 34.8 Å². The van der Waals surface area contributed by atoms with Crippen molar-refractivity contribution in [3.8, 4) is 5.75 Å². The molecule has 1 aromatic rings. The lowest BCUT2D eigenvalue weighted by Gasteiger charge is -2.22. The Hall–Kier alpha value is -1.31. The van der Waals surface area contributed by atoms with E-state index in [-0.39, 0.29) is 4.90 Å². The Morgan fingerprint density at radius 3 is 2.76 bits per heavy atom. The van der Waals surface area contributed by atoms with Crippen LogP contribution in [0.1, 0.15) is 19.8 Å². The third kappa shape index (κ3) is 4.33. The molecule has 1 aliphatic rings. The molecule has 0 bridgehead atoms. The first kappa shape index (κ1) is 16.1. The van der Waals surface area contributed by atoms with Gasteiger partial charge in [-0.15, -0.1) is 0 Å². The van der Waals surface area contributed by atoms with Crippen molar-refractivity contribution in [3.63, 3.8) is 0 Å². The molecule has 0 aliphatic carbocycles. The van der Waals surface area contributed by atoms with E-state index in [0.717, 1.165) is 26.1 Å². The van der Waals surface area contributed by atoms with E-state index < -0.39 is 10.0 Å². The van der Waals surface area contributed by atoms with Crippen molar-refractivity contribution in [1.82, 2.24) is 4.72 Å². The fourth-order valence-electron chi connectivity index (χ4n) is 2.20. The average Bonchev–Trinajstić information content (AvgIpc) is 2.47. The molecular weight excluding hydrogens is 292 g/mol. The van der Waals surface area contributed by atoms with E-state index in [1.54, 1.807) is 13.0 Å². The molecule has 1 fully saturated rings. The Balaban J connectivity index is 2.08. The lowest BCUT2D eigenvalue weighted by atomic mass is 10.0. The second-order valence-electron chi connectivity index (χ2n) is 5.07. The van der Waals surface area contributed by atoms with E-state index in [2.05, 4.69) is 4.72 Å². The van der Waals surface area contributed by atoms with Gasteiger partial charge in [0, 0.05) is 25.8 Å². The van der Waals surface area contributed by atoms with E-state index in [0.29, 0.717) is 30.5 Å². The highest BCUT2D eigenvalue weighted by molar-refractivity contribution is 7.89. The number of benzene rings is 1. The van der Waals surface area contributed by atoms with Crippen LogP contribution in [0.4, 0.5) is 5.69 Å². The summed E-state index contributed by atoms with van der Waals surface area (Å²) in [4.78, 5) is 0.167. The zero-order valence-corrected chi connectivity index (χ0v) is 13.0. The van der Waals surface area contributed by atoms with Gasteiger partial charge in [-0.25, -0.2) is 13.1 Å². The molecule has 118 valence electrons. The number of hydrogen-bond acceptors (Lipinski definition) is 5. The van der Waals surface area contributed by atoms with Crippen molar-refractivity contribution < 1.29 is 17.9 Å². The molecule has 0 spiro atoms. The van der Waals surface area contributed by atoms with Crippen LogP contribution in [0, 0.1) is 5.92 Å². The number of nitrogens with one attached hydrogen (secondary N) is 1. The van der Waals surface area contributed by atoms with Gasteiger partial charge in [0.05, 0.1) is 17.2 Å². The largest absolute Gasteiger partial charge is 0.491 e. The minimum atomic E-state index is -3.50. The SMILES string of the molecule is CCNS(=O)(=O)c1ccc(N)c(OCC2CCOCC2)c1. The van der Waals surface area contributed by atoms with Crippen LogP contribution < -0.4 is 15.2 Å². The van der Waals surface area contributed by atoms with Gasteiger partial charge in [-0.2, -0.15) is 0 Å². The van der Waals surface area contributed by atoms with Gasteiger partial charge < -0.3 is 15.2 Å². The Kier molecular flexibility index (Phi) is 5.44. The second-order valence-corrected chi connectivity index (χ2v) is 6.83. The molecule has 0 atom stereocenters. The predicted molar refractivity (Wildman–Crippen MR) is 80.8 cm³/mol. The quantitative estimate of drug-likeness (QED) is 0.774. The highest BCUT2D eigenvalue weighted by Gasteiger charge is 2.17. The lowest BCUT2D eigenvalue weighted by molar-refractivity contribution is 0.0498. The van der Waals surface area contributed by atoms with Crippen LogP contribution >= 0.6 is 0 Å². The van der Waals surface area contributed by atoms with Crippen molar-refractivity contribution in [3.05, 3.63) is 18.2 Å². The van der Waals surface area contributed by atoms with Crippen LogP contribution in [0.5, 0.6) is 5.75 Å². The van der Waals surface area contributed by atoms with Crippen LogP contribution in [0.25, 0.3) is 0 Å². The highest BCUT2D eigenvalue weighted by Crippen LogP contribution is 2.26. The first-order chi connectivity index (χ1) is 10.0. The molecule has 0 saturated carbocycles. The van der Waals surface area contributed by atoms with Crippen molar-refractivity contribution in [2.24, 2.45) is 5.92 Å². The lowest BCUT2D eigenvalue weighted by Crippen LogP contribution is -2.23. The smallest absolute Gasteiger partial charge is 0.240 e. The number of sulfonamides is 1. The normalized spacial score (nSPS) is 16.8. The minimum Gasteiger partial charge on any atom is -0.491 e. The highest BCUT2D eigenvalue weighted by atomic mass is 32.2. The maximum atomic E-state index is 12.0. The summed E-state index contributed by atoms with van der Waals surface area (Å²) in [5.74, 6) is 0.840. The predicted octanol–water partition coefficient (Wildman–Crippen LogP) is 1.37. The summed E-state index contributed by atoms with van der Waals surface area (Å²) in [7, 11) is -3.50. The van der Waals surface area contributed by atoms with Gasteiger partial charge in [0.1, 0.15) is 5.75 Å². The Labute approximate surface area is 125 Å². The first-order valence-electron chi connectivity index (χ1n) is 7.12. The number of nitrogens with two attached hydrogens (primary N) is 1. The zero-order chi connectivity index (χ0) is 15.3. The molecule has 7 heteroatoms. The van der Waals surface area contributed by atoms with Crippen LogP contribution in [0.3, 0.4) is 0 Å². The van der Waals surface area contributed by atoms with Crippen LogP contribution in [0.15, 0.2) is 23.1 Å². The van der Waals surface area contributed by atoms with Crippen LogP contribution in [-0.2, 0) is 14.8 Å². The van der Waals surface area contributed by atoms with Crippen molar-refractivity contribution >= 4 is 15.7 Å². The van der Waals surface area contributed by atoms with Gasteiger partial charge in [-0.1, -0.05) is 6.92 Å². The summed E-state index contributed by atoms with van der Waals surface area (Å²) in [6.07, 6.45) is 1.91. The molecule has 1 heterocycles. The standard InChI is InChI=1S/C14H22N2O4S/c1-2-16-21(17,18)12-3-4-13(15)14(9-12)20-10-11-5-7-19-8-6-11/h3-4,9,11,16H,2,5-8,10,15H2,1H3. The number of nitrogen functional groups attached to an aromatic ring is 1. The number of ether oxygens (including phenoxy) is 2. The molecule has 0 unspecified atom stereocenters. The molecule has 3 N–H and O–H groups in total. The third-order valence-corrected chi connectivity index (χ3v) is 4.99. The summed E-state index contributed by atoms with van der Waals surface area (Å²) >= 11 is 0. The molecule has 1 saturated heterocycles. The third-order valence-electron chi connectivity index (χ3n) is 3.45. The molecule has 2 rings (SSSR count). The van der Waals surface area contributed by atoms with Crippen molar-refractivity contribution in [2.45, 2.75) is 24.7 Å². The van der Waals surface area contributed by atoms with Crippen LogP contribution in [0.2, 0.25) is 0 Å². The Morgan fingerprint density at radius 1 is 1.38 bits per heavy atom. The summed E-state index contributed by atoms with van der Waals surface area (Å²) in [5.41, 5.74) is 6.30. The Morgan fingerprint density at radius 2 is 2.10 bits per heavy atom. The van der Waals surface area contributed by atoms with E-state index in [9.17, 15) is 8.42 Å². The summed E-state index contributed by atoms with van der Waals surface area (Å²) in [5, 5.41) is 0. The summed E-state index contributed by atoms with van der Waals surface area (Å²) in [6, 6.07) is 4.52. The van der Waals surface area contributed by atoms with Gasteiger partial charge in [-0.3, -0.25) is 0 Å². The molecule has 6 nitrogen and oxygen atoms in total. The van der Waals surface area contributed by atoms with Gasteiger partial charge in [0.2, 0.25) is 10.0 Å². The molecule has 0 amide bonds. The fraction of sp³-hybridized carbons (Fsp3) is 0.571. The molecule has 1 aliphatic heterocycles. The van der Waals surface area contributed by atoms with E-state index in [1.165, 1.54) is 12.1 Å². The topological polar surface area (TPSA) is 90.7 Å². The second kappa shape index (κ2) is 7.11. The van der Waals surface area contributed by atoms with E-state index in [1.807, 2.05) is 0 Å². The first-order valence-corrected chi connectivity index (χ1v) is 8.61. The van der Waals surface area contributed by atoms with Gasteiger partial charge >= 0.3 is 0 Å².